The maximum absolute atomic E-state index is 9.20. The lowest BCUT2D eigenvalue weighted by Crippen LogP contribution is -1.97. The quantitative estimate of drug-likeness (QED) is 0.511. The lowest BCUT2D eigenvalue weighted by Gasteiger charge is -2.04. The highest BCUT2D eigenvalue weighted by Crippen LogP contribution is 2.19. The molecule has 1 aromatic carbocycles. The van der Waals surface area contributed by atoms with Gasteiger partial charge in [-0.05, 0) is 30.7 Å². The second-order valence-electron chi connectivity index (χ2n) is 2.56. The van der Waals surface area contributed by atoms with Crippen LogP contribution in [0.2, 0.25) is 0 Å². The van der Waals surface area contributed by atoms with Crippen LogP contribution in [0.4, 0.5) is 5.69 Å². The van der Waals surface area contributed by atoms with Gasteiger partial charge in [0.05, 0.1) is 6.54 Å². The Balaban J connectivity index is 2.77. The Morgan fingerprint density at radius 1 is 1.58 bits per heavy atom. The van der Waals surface area contributed by atoms with Crippen LogP contribution in [0, 0.1) is 19.3 Å². The smallest absolute Gasteiger partial charge is 0.118 e. The van der Waals surface area contributed by atoms with E-state index < -0.39 is 0 Å². The van der Waals surface area contributed by atoms with E-state index in [4.69, 9.17) is 6.42 Å². The van der Waals surface area contributed by atoms with Gasteiger partial charge in [0.1, 0.15) is 5.75 Å². The van der Waals surface area contributed by atoms with E-state index in [0.29, 0.717) is 12.3 Å². The highest BCUT2D eigenvalue weighted by atomic mass is 16.3. The maximum Gasteiger partial charge on any atom is 0.118 e. The van der Waals surface area contributed by atoms with E-state index >= 15 is 0 Å². The lowest BCUT2D eigenvalue weighted by molar-refractivity contribution is 0.471. The normalized spacial score (nSPS) is 9.00. The van der Waals surface area contributed by atoms with Crippen LogP contribution in [0.15, 0.2) is 18.2 Å². The summed E-state index contributed by atoms with van der Waals surface area (Å²) in [5, 5.41) is 12.2. The fourth-order valence-electron chi connectivity index (χ4n) is 0.919. The third kappa shape index (κ3) is 1.93. The van der Waals surface area contributed by atoms with Crippen LogP contribution in [0.1, 0.15) is 5.56 Å². The Bertz CT molecular complexity index is 312. The molecule has 0 aliphatic carbocycles. The summed E-state index contributed by atoms with van der Waals surface area (Å²) < 4.78 is 0. The molecule has 0 aliphatic rings. The summed E-state index contributed by atoms with van der Waals surface area (Å²) >= 11 is 0. The van der Waals surface area contributed by atoms with Crippen molar-refractivity contribution in [2.45, 2.75) is 6.92 Å². The predicted octanol–water partition coefficient (Wildman–Crippen LogP) is 1.75. The molecule has 0 bridgehead atoms. The van der Waals surface area contributed by atoms with Gasteiger partial charge < -0.3 is 10.4 Å². The third-order valence-corrected chi connectivity index (χ3v) is 1.59. The minimum absolute atomic E-state index is 0.307. The van der Waals surface area contributed by atoms with Crippen molar-refractivity contribution in [3.8, 4) is 18.1 Å². The van der Waals surface area contributed by atoms with E-state index in [1.54, 1.807) is 12.1 Å². The zero-order valence-corrected chi connectivity index (χ0v) is 6.96. The molecule has 0 aromatic heterocycles. The molecule has 0 heterocycles. The van der Waals surface area contributed by atoms with Gasteiger partial charge in [0.2, 0.25) is 0 Å². The first kappa shape index (κ1) is 8.48. The van der Waals surface area contributed by atoms with Crippen molar-refractivity contribution in [3.63, 3.8) is 0 Å². The van der Waals surface area contributed by atoms with Gasteiger partial charge in [-0.2, -0.15) is 0 Å². The van der Waals surface area contributed by atoms with Crippen LogP contribution in [0.5, 0.6) is 5.75 Å². The molecule has 0 saturated carbocycles. The van der Waals surface area contributed by atoms with E-state index in [1.165, 1.54) is 0 Å². The van der Waals surface area contributed by atoms with Crippen molar-refractivity contribution < 1.29 is 5.11 Å². The first-order valence-electron chi connectivity index (χ1n) is 3.71. The van der Waals surface area contributed by atoms with Crippen molar-refractivity contribution >= 4 is 5.69 Å². The van der Waals surface area contributed by atoms with E-state index in [-0.39, 0.29) is 0 Å². The minimum Gasteiger partial charge on any atom is -0.508 e. The van der Waals surface area contributed by atoms with Gasteiger partial charge in [0.25, 0.3) is 0 Å². The van der Waals surface area contributed by atoms with Crippen molar-refractivity contribution in [1.29, 1.82) is 0 Å². The van der Waals surface area contributed by atoms with Crippen LogP contribution < -0.4 is 5.32 Å². The number of hydrogen-bond donors (Lipinski definition) is 2. The summed E-state index contributed by atoms with van der Waals surface area (Å²) in [6.07, 6.45) is 5.08. The Morgan fingerprint density at radius 2 is 2.33 bits per heavy atom. The zero-order chi connectivity index (χ0) is 8.97. The second kappa shape index (κ2) is 3.68. The Labute approximate surface area is 72.2 Å². The molecular weight excluding hydrogens is 150 g/mol. The predicted molar refractivity (Wildman–Crippen MR) is 50.2 cm³/mol. The van der Waals surface area contributed by atoms with E-state index in [1.807, 2.05) is 13.0 Å². The highest BCUT2D eigenvalue weighted by molar-refractivity contribution is 5.50. The number of phenols is 1. The first-order valence-corrected chi connectivity index (χ1v) is 3.71. The number of aryl methyl sites for hydroxylation is 1. The van der Waals surface area contributed by atoms with Crippen molar-refractivity contribution in [2.75, 3.05) is 11.9 Å². The van der Waals surface area contributed by atoms with Crippen LogP contribution >= 0.6 is 0 Å². The van der Waals surface area contributed by atoms with Gasteiger partial charge in [-0.15, -0.1) is 6.42 Å². The van der Waals surface area contributed by atoms with Crippen LogP contribution in [0.25, 0.3) is 0 Å². The number of nitrogens with one attached hydrogen (secondary N) is 1. The summed E-state index contributed by atoms with van der Waals surface area (Å²) in [6.45, 7) is 2.35. The number of benzene rings is 1. The van der Waals surface area contributed by atoms with Crippen molar-refractivity contribution in [2.24, 2.45) is 0 Å². The summed E-state index contributed by atoms with van der Waals surface area (Å²) in [7, 11) is 0. The molecule has 2 nitrogen and oxygen atoms in total. The van der Waals surface area contributed by atoms with Gasteiger partial charge in [0.15, 0.2) is 0 Å². The molecular formula is C10H11NO. The Kier molecular flexibility index (Phi) is 2.60. The molecule has 0 aliphatic heterocycles. The summed E-state index contributed by atoms with van der Waals surface area (Å²) in [5.41, 5.74) is 1.78. The fraction of sp³-hybridized carbons (Fsp3) is 0.200. The molecule has 0 spiro atoms. The SMILES string of the molecule is C#CCNc1ccc(O)c(C)c1. The van der Waals surface area contributed by atoms with Crippen molar-refractivity contribution in [1.82, 2.24) is 0 Å². The largest absolute Gasteiger partial charge is 0.508 e. The number of rotatable bonds is 2. The third-order valence-electron chi connectivity index (χ3n) is 1.59. The molecule has 1 aromatic rings. The average Bonchev–Trinajstić information content (AvgIpc) is 2.07. The van der Waals surface area contributed by atoms with Gasteiger partial charge in [-0.25, -0.2) is 0 Å². The first-order chi connectivity index (χ1) is 5.74. The van der Waals surface area contributed by atoms with Crippen LogP contribution in [-0.4, -0.2) is 11.7 Å². The van der Waals surface area contributed by atoms with Gasteiger partial charge >= 0.3 is 0 Å². The van der Waals surface area contributed by atoms with E-state index in [0.717, 1.165) is 11.3 Å². The summed E-state index contributed by atoms with van der Waals surface area (Å²) in [4.78, 5) is 0. The molecule has 2 N–H and O–H groups in total. The fourth-order valence-corrected chi connectivity index (χ4v) is 0.919. The van der Waals surface area contributed by atoms with Crippen LogP contribution in [0.3, 0.4) is 0 Å². The standard InChI is InChI=1S/C10H11NO/c1-3-6-11-9-4-5-10(12)8(2)7-9/h1,4-5,7,11-12H,6H2,2H3. The molecule has 0 radical (unpaired) electrons. The molecule has 62 valence electrons. The molecule has 0 saturated heterocycles. The van der Waals surface area contributed by atoms with Gasteiger partial charge in [0, 0.05) is 5.69 Å². The molecule has 0 fully saturated rings. The summed E-state index contributed by atoms with van der Waals surface area (Å²) in [5.74, 6) is 2.78. The number of aromatic hydroxyl groups is 1. The maximum atomic E-state index is 9.20. The zero-order valence-electron chi connectivity index (χ0n) is 6.96. The number of hydrogen-bond acceptors (Lipinski definition) is 2. The second-order valence-corrected chi connectivity index (χ2v) is 2.56. The number of phenolic OH excluding ortho intramolecular Hbond substituents is 1. The average molecular weight is 161 g/mol. The van der Waals surface area contributed by atoms with Crippen LogP contribution in [-0.2, 0) is 0 Å². The van der Waals surface area contributed by atoms with Gasteiger partial charge in [-0.3, -0.25) is 0 Å². The number of terminal acetylenes is 1. The molecule has 0 unspecified atom stereocenters. The van der Waals surface area contributed by atoms with Gasteiger partial charge in [-0.1, -0.05) is 5.92 Å². The topological polar surface area (TPSA) is 32.3 Å². The molecule has 12 heavy (non-hydrogen) atoms. The van der Waals surface area contributed by atoms with Crippen molar-refractivity contribution in [3.05, 3.63) is 23.8 Å². The molecule has 0 amide bonds. The summed E-state index contributed by atoms with van der Waals surface area (Å²) in [6, 6.07) is 5.29. The number of anilines is 1. The van der Waals surface area contributed by atoms with E-state index in [9.17, 15) is 5.11 Å². The monoisotopic (exact) mass is 161 g/mol. The molecule has 0 atom stereocenters. The Morgan fingerprint density at radius 3 is 2.92 bits per heavy atom. The molecule has 1 rings (SSSR count). The highest BCUT2D eigenvalue weighted by Gasteiger charge is 1.95. The lowest BCUT2D eigenvalue weighted by atomic mass is 10.2. The minimum atomic E-state index is 0.307. The van der Waals surface area contributed by atoms with E-state index in [2.05, 4.69) is 11.2 Å². The molecule has 2 heteroatoms. The Hall–Kier alpha value is -1.62.